The summed E-state index contributed by atoms with van der Waals surface area (Å²) in [7, 11) is 1.68. The second-order valence-corrected chi connectivity index (χ2v) is 7.31. The maximum atomic E-state index is 12.5. The van der Waals surface area contributed by atoms with E-state index in [1.54, 1.807) is 19.2 Å². The highest BCUT2D eigenvalue weighted by atomic mass is 127. The Balaban J connectivity index is 0.00000300. The molecule has 4 rings (SSSR count). The Morgan fingerprint density at radius 2 is 1.93 bits per heavy atom. The largest absolute Gasteiger partial charge is 0.484 e. The molecule has 3 fully saturated rings. The molecule has 6 nitrogen and oxygen atoms in total. The van der Waals surface area contributed by atoms with Crippen molar-refractivity contribution in [1.29, 1.82) is 0 Å². The number of nitrogens with one attached hydrogen (secondary N) is 2. The molecule has 1 aromatic carbocycles. The van der Waals surface area contributed by atoms with E-state index in [1.807, 2.05) is 13.0 Å². The Labute approximate surface area is 186 Å². The van der Waals surface area contributed by atoms with Gasteiger partial charge in [-0.1, -0.05) is 12.1 Å². The molecule has 0 spiro atoms. The summed E-state index contributed by atoms with van der Waals surface area (Å²) in [5.41, 5.74) is 1.50. The Morgan fingerprint density at radius 3 is 2.52 bits per heavy atom. The number of nitrogens with zero attached hydrogens (tertiary/aromatic N) is 3. The zero-order chi connectivity index (χ0) is 20.1. The first-order valence-electron chi connectivity index (χ1n) is 9.54. The molecule has 0 radical (unpaired) electrons. The summed E-state index contributed by atoms with van der Waals surface area (Å²) in [6.07, 6.45) is -4.36. The van der Waals surface area contributed by atoms with Crippen LogP contribution in [0.5, 0.6) is 5.75 Å². The molecule has 2 N–H and O–H groups in total. The van der Waals surface area contributed by atoms with Crippen LogP contribution >= 0.6 is 24.0 Å². The summed E-state index contributed by atoms with van der Waals surface area (Å²) in [4.78, 5) is 9.18. The van der Waals surface area contributed by atoms with E-state index in [-0.39, 0.29) is 29.7 Å². The first-order chi connectivity index (χ1) is 13.3. The highest BCUT2D eigenvalue weighted by Gasteiger charge is 2.31. The molecule has 29 heavy (non-hydrogen) atoms. The van der Waals surface area contributed by atoms with Crippen LogP contribution in [0.15, 0.2) is 23.2 Å². The quantitative estimate of drug-likeness (QED) is 0.338. The molecule has 164 valence electrons. The molecular formula is C19H29F3IN5O. The van der Waals surface area contributed by atoms with Gasteiger partial charge in [-0.25, -0.2) is 0 Å². The van der Waals surface area contributed by atoms with Gasteiger partial charge in [0, 0.05) is 64.5 Å². The number of alkyl halides is 3. The van der Waals surface area contributed by atoms with Gasteiger partial charge >= 0.3 is 6.18 Å². The van der Waals surface area contributed by atoms with Crippen molar-refractivity contribution in [2.75, 3.05) is 52.9 Å². The van der Waals surface area contributed by atoms with E-state index in [0.717, 1.165) is 44.8 Å². The lowest BCUT2D eigenvalue weighted by Gasteiger charge is -2.47. The van der Waals surface area contributed by atoms with Gasteiger partial charge in [0.25, 0.3) is 0 Å². The molecule has 1 aromatic rings. The zero-order valence-electron chi connectivity index (χ0n) is 16.8. The average molecular weight is 527 g/mol. The summed E-state index contributed by atoms with van der Waals surface area (Å²) < 4.78 is 42.5. The topological polar surface area (TPSA) is 52.1 Å². The van der Waals surface area contributed by atoms with Crippen molar-refractivity contribution in [1.82, 2.24) is 20.4 Å². The van der Waals surface area contributed by atoms with E-state index in [1.165, 1.54) is 0 Å². The van der Waals surface area contributed by atoms with Gasteiger partial charge in [-0.05, 0) is 18.6 Å². The van der Waals surface area contributed by atoms with Gasteiger partial charge in [-0.15, -0.1) is 24.0 Å². The molecule has 3 aliphatic heterocycles. The molecular weight excluding hydrogens is 498 g/mol. The highest BCUT2D eigenvalue weighted by Crippen LogP contribution is 2.23. The van der Waals surface area contributed by atoms with Gasteiger partial charge in [0.2, 0.25) is 0 Å². The molecule has 1 atom stereocenters. The van der Waals surface area contributed by atoms with Gasteiger partial charge in [0.05, 0.1) is 0 Å². The van der Waals surface area contributed by atoms with Crippen molar-refractivity contribution in [2.45, 2.75) is 25.7 Å². The van der Waals surface area contributed by atoms with Crippen molar-refractivity contribution in [3.63, 3.8) is 0 Å². The van der Waals surface area contributed by atoms with Crippen LogP contribution in [0.25, 0.3) is 0 Å². The van der Waals surface area contributed by atoms with Crippen LogP contribution in [0.1, 0.15) is 11.1 Å². The number of piperazine rings is 3. The third-order valence-electron chi connectivity index (χ3n) is 5.18. The van der Waals surface area contributed by atoms with Crippen molar-refractivity contribution in [3.05, 3.63) is 29.3 Å². The molecule has 3 saturated heterocycles. The van der Waals surface area contributed by atoms with Crippen LogP contribution < -0.4 is 15.4 Å². The van der Waals surface area contributed by atoms with Crippen molar-refractivity contribution in [2.24, 2.45) is 4.99 Å². The van der Waals surface area contributed by atoms with Crippen molar-refractivity contribution >= 4 is 29.9 Å². The number of aryl methyl sites for hydroxylation is 1. The van der Waals surface area contributed by atoms with Crippen molar-refractivity contribution in [3.8, 4) is 5.75 Å². The summed E-state index contributed by atoms with van der Waals surface area (Å²) in [5.74, 6) is 0.865. The number of fused-ring (bicyclic) bond motifs is 3. The van der Waals surface area contributed by atoms with Crippen molar-refractivity contribution < 1.29 is 17.9 Å². The number of halogens is 4. The summed E-state index contributed by atoms with van der Waals surface area (Å²) in [6.45, 7) is 7.15. The third-order valence-corrected chi connectivity index (χ3v) is 5.18. The van der Waals surface area contributed by atoms with Gasteiger partial charge in [0.15, 0.2) is 12.6 Å². The molecule has 1 unspecified atom stereocenters. The van der Waals surface area contributed by atoms with Gasteiger partial charge < -0.3 is 15.4 Å². The monoisotopic (exact) mass is 527 g/mol. The number of hydrogen-bond acceptors (Lipinski definition) is 4. The number of hydrogen-bond donors (Lipinski definition) is 2. The number of aliphatic imine (C=N–C) groups is 1. The lowest BCUT2D eigenvalue weighted by Crippen LogP contribution is -2.63. The summed E-state index contributed by atoms with van der Waals surface area (Å²) >= 11 is 0. The SMILES string of the molecule is CN=C(NCc1ccc(C)cc1OCC(F)(F)F)NCC1CN2CCN1CC2.I. The van der Waals surface area contributed by atoms with Crippen LogP contribution in [-0.2, 0) is 6.54 Å². The normalized spacial score (nSPS) is 24.0. The number of guanidine groups is 1. The third kappa shape index (κ3) is 7.18. The molecule has 2 bridgehead atoms. The van der Waals surface area contributed by atoms with Crippen LogP contribution in [0.2, 0.25) is 0 Å². The number of rotatable bonds is 6. The maximum Gasteiger partial charge on any atom is 0.422 e. The predicted molar refractivity (Wildman–Crippen MR) is 118 cm³/mol. The molecule has 0 aromatic heterocycles. The standard InChI is InChI=1S/C19H28F3N5O.HI/c1-14-3-4-15(17(9-14)28-13-19(20,21)22)10-24-18(23-2)25-11-16-12-26-5-7-27(16)8-6-26;/h3-4,9,16H,5-8,10-13H2,1-2H3,(H2,23,24,25);1H. The summed E-state index contributed by atoms with van der Waals surface area (Å²) in [6, 6.07) is 5.71. The maximum absolute atomic E-state index is 12.5. The molecule has 0 aliphatic carbocycles. The second kappa shape index (κ2) is 10.7. The zero-order valence-corrected chi connectivity index (χ0v) is 19.1. The Bertz CT molecular complexity index is 693. The molecule has 0 saturated carbocycles. The number of benzene rings is 1. The van der Waals surface area contributed by atoms with E-state index >= 15 is 0 Å². The van der Waals surface area contributed by atoms with Crippen LogP contribution in [-0.4, -0.2) is 80.9 Å². The Hall–Kier alpha value is -1.27. The molecule has 3 aliphatic rings. The second-order valence-electron chi connectivity index (χ2n) is 7.31. The van der Waals surface area contributed by atoms with Gasteiger partial charge in [0.1, 0.15) is 5.75 Å². The lowest BCUT2D eigenvalue weighted by molar-refractivity contribution is -0.153. The Kier molecular flexibility index (Phi) is 8.83. The lowest BCUT2D eigenvalue weighted by atomic mass is 10.1. The van der Waals surface area contributed by atoms with Crippen LogP contribution in [0, 0.1) is 6.92 Å². The minimum atomic E-state index is -4.36. The molecule has 3 heterocycles. The first-order valence-corrected chi connectivity index (χ1v) is 9.54. The van der Waals surface area contributed by atoms with Gasteiger partial charge in [-0.3, -0.25) is 14.8 Å². The van der Waals surface area contributed by atoms with Gasteiger partial charge in [-0.2, -0.15) is 13.2 Å². The van der Waals surface area contributed by atoms with Crippen LogP contribution in [0.4, 0.5) is 13.2 Å². The molecule has 0 amide bonds. The smallest absolute Gasteiger partial charge is 0.422 e. The predicted octanol–water partition coefficient (Wildman–Crippen LogP) is 2.22. The minimum absolute atomic E-state index is 0. The summed E-state index contributed by atoms with van der Waals surface area (Å²) in [5, 5.41) is 6.50. The van der Waals surface area contributed by atoms with E-state index < -0.39 is 12.8 Å². The fraction of sp³-hybridized carbons (Fsp3) is 0.632. The fourth-order valence-electron chi connectivity index (χ4n) is 3.63. The van der Waals surface area contributed by atoms with E-state index in [0.29, 0.717) is 24.1 Å². The van der Waals surface area contributed by atoms with E-state index in [4.69, 9.17) is 4.74 Å². The minimum Gasteiger partial charge on any atom is -0.484 e. The number of ether oxygens (including phenoxy) is 1. The fourth-order valence-corrected chi connectivity index (χ4v) is 3.63. The average Bonchev–Trinajstić information content (AvgIpc) is 2.68. The first kappa shape index (κ1) is 24.0. The highest BCUT2D eigenvalue weighted by molar-refractivity contribution is 14.0. The van der Waals surface area contributed by atoms with Crippen LogP contribution in [0.3, 0.4) is 0 Å². The molecule has 10 heteroatoms. The Morgan fingerprint density at radius 1 is 1.21 bits per heavy atom. The van der Waals surface area contributed by atoms with E-state index in [2.05, 4.69) is 25.4 Å². The van der Waals surface area contributed by atoms with E-state index in [9.17, 15) is 13.2 Å².